The second kappa shape index (κ2) is 8.14. The molecule has 4 aliphatic carbocycles. The standard InChI is InChI=1S/C26H35ClN4O3/c1-24-9-16-10-25(2,13-24)15-26(11-16,14-24)30-23(34)29-20-6-5-17(8-19(20)27)22(33)31-7-3-4-18(12-31)21(28)32/h5-6,8,16,18H,3-4,7,9-15H2,1-2H3,(H2,28,32)(H2,29,30,34). The molecule has 184 valence electrons. The van der Waals surface area contributed by atoms with Gasteiger partial charge < -0.3 is 21.3 Å². The lowest BCUT2D eigenvalue weighted by atomic mass is 9.43. The van der Waals surface area contributed by atoms with Crippen LogP contribution in [0.5, 0.6) is 0 Å². The van der Waals surface area contributed by atoms with Crippen molar-refractivity contribution in [3.63, 3.8) is 0 Å². The second-order valence-electron chi connectivity index (χ2n) is 12.2. The third-order valence-corrected chi connectivity index (χ3v) is 8.89. The molecule has 1 aliphatic heterocycles. The number of halogens is 1. The number of amides is 4. The van der Waals surface area contributed by atoms with Gasteiger partial charge in [0.25, 0.3) is 5.91 Å². The van der Waals surface area contributed by atoms with Gasteiger partial charge in [0.05, 0.1) is 16.6 Å². The fourth-order valence-electron chi connectivity index (χ4n) is 8.31. The molecule has 1 aromatic rings. The summed E-state index contributed by atoms with van der Waals surface area (Å²) >= 11 is 6.47. The number of anilines is 1. The Bertz CT molecular complexity index is 1020. The highest BCUT2D eigenvalue weighted by atomic mass is 35.5. The van der Waals surface area contributed by atoms with Crippen molar-refractivity contribution in [2.24, 2.45) is 28.4 Å². The zero-order valence-corrected chi connectivity index (χ0v) is 20.8. The Balaban J connectivity index is 1.25. The summed E-state index contributed by atoms with van der Waals surface area (Å²) in [6.07, 6.45) is 8.35. The lowest BCUT2D eigenvalue weighted by Crippen LogP contribution is -2.65. The Morgan fingerprint density at radius 1 is 1.09 bits per heavy atom. The summed E-state index contributed by atoms with van der Waals surface area (Å²) in [5.74, 6) is -0.182. The van der Waals surface area contributed by atoms with Gasteiger partial charge in [0.2, 0.25) is 5.91 Å². The third kappa shape index (κ3) is 4.39. The fraction of sp³-hybridized carbons (Fsp3) is 0.654. The Kier molecular flexibility index (Phi) is 5.62. The summed E-state index contributed by atoms with van der Waals surface area (Å²) in [5, 5.41) is 6.55. The first-order valence-corrected chi connectivity index (χ1v) is 12.8. The number of rotatable bonds is 4. The Morgan fingerprint density at radius 3 is 2.41 bits per heavy atom. The monoisotopic (exact) mass is 486 g/mol. The first kappa shape index (κ1) is 23.5. The van der Waals surface area contributed by atoms with Crippen molar-refractivity contribution in [3.05, 3.63) is 28.8 Å². The first-order valence-electron chi connectivity index (χ1n) is 12.4. The van der Waals surface area contributed by atoms with E-state index in [-0.39, 0.29) is 29.3 Å². The molecule has 6 rings (SSSR count). The van der Waals surface area contributed by atoms with Crippen LogP contribution in [0.25, 0.3) is 0 Å². The summed E-state index contributed by atoms with van der Waals surface area (Å²) in [4.78, 5) is 39.2. The number of nitrogens with two attached hydrogens (primary N) is 1. The molecule has 4 bridgehead atoms. The molecule has 34 heavy (non-hydrogen) atoms. The van der Waals surface area contributed by atoms with Crippen LogP contribution in [0.3, 0.4) is 0 Å². The Hall–Kier alpha value is -2.28. The minimum Gasteiger partial charge on any atom is -0.369 e. The van der Waals surface area contributed by atoms with Gasteiger partial charge in [-0.2, -0.15) is 0 Å². The number of likely N-dealkylation sites (tertiary alicyclic amines) is 1. The smallest absolute Gasteiger partial charge is 0.319 e. The molecule has 4 saturated carbocycles. The molecule has 1 aromatic carbocycles. The number of carbonyl (C=O) groups excluding carboxylic acids is 3. The number of hydrogen-bond acceptors (Lipinski definition) is 3. The third-order valence-electron chi connectivity index (χ3n) is 8.58. The van der Waals surface area contributed by atoms with E-state index in [1.807, 2.05) is 0 Å². The molecule has 7 nitrogen and oxygen atoms in total. The number of hydrogen-bond donors (Lipinski definition) is 3. The molecule has 0 aromatic heterocycles. The van der Waals surface area contributed by atoms with Crippen LogP contribution in [0.1, 0.15) is 75.6 Å². The van der Waals surface area contributed by atoms with Crippen LogP contribution in [-0.4, -0.2) is 41.4 Å². The minimum atomic E-state index is -0.372. The number of benzene rings is 1. The maximum atomic E-state index is 13.0. The molecular formula is C26H35ClN4O3. The van der Waals surface area contributed by atoms with Crippen molar-refractivity contribution in [1.82, 2.24) is 10.2 Å². The van der Waals surface area contributed by atoms with Crippen LogP contribution < -0.4 is 16.4 Å². The highest BCUT2D eigenvalue weighted by Gasteiger charge is 2.60. The molecule has 0 spiro atoms. The molecule has 0 radical (unpaired) electrons. The largest absolute Gasteiger partial charge is 0.369 e. The van der Waals surface area contributed by atoms with E-state index in [1.165, 1.54) is 19.3 Å². The quantitative estimate of drug-likeness (QED) is 0.581. The number of nitrogens with one attached hydrogen (secondary N) is 2. The lowest BCUT2D eigenvalue weighted by molar-refractivity contribution is -0.123. The van der Waals surface area contributed by atoms with Crippen LogP contribution in [0.4, 0.5) is 10.5 Å². The van der Waals surface area contributed by atoms with E-state index in [4.69, 9.17) is 17.3 Å². The maximum Gasteiger partial charge on any atom is 0.319 e. The molecule has 4 N–H and O–H groups in total. The average Bonchev–Trinajstić information content (AvgIpc) is 2.71. The van der Waals surface area contributed by atoms with Crippen LogP contribution in [0.15, 0.2) is 18.2 Å². The Morgan fingerprint density at radius 2 is 1.79 bits per heavy atom. The number of primary amides is 1. The Labute approximate surface area is 206 Å². The van der Waals surface area contributed by atoms with Crippen molar-refractivity contribution in [2.45, 2.75) is 70.8 Å². The van der Waals surface area contributed by atoms with Crippen molar-refractivity contribution in [1.29, 1.82) is 0 Å². The molecule has 5 aliphatic rings. The zero-order chi connectivity index (χ0) is 24.3. The molecule has 5 fully saturated rings. The summed E-state index contributed by atoms with van der Waals surface area (Å²) in [7, 11) is 0. The van der Waals surface area contributed by atoms with Crippen LogP contribution in [0, 0.1) is 22.7 Å². The minimum absolute atomic E-state index is 0.152. The second-order valence-corrected chi connectivity index (χ2v) is 12.6. The van der Waals surface area contributed by atoms with Gasteiger partial charge in [0.15, 0.2) is 0 Å². The van der Waals surface area contributed by atoms with Gasteiger partial charge >= 0.3 is 6.03 Å². The summed E-state index contributed by atoms with van der Waals surface area (Å²) in [6, 6.07) is 4.69. The molecule has 3 atom stereocenters. The van der Waals surface area contributed by atoms with E-state index in [9.17, 15) is 14.4 Å². The number of nitrogens with zero attached hydrogens (tertiary/aromatic N) is 1. The van der Waals surface area contributed by atoms with Crippen LogP contribution in [0.2, 0.25) is 5.02 Å². The highest BCUT2D eigenvalue weighted by Crippen LogP contribution is 2.66. The van der Waals surface area contributed by atoms with E-state index in [0.29, 0.717) is 52.5 Å². The van der Waals surface area contributed by atoms with Gasteiger partial charge in [-0.25, -0.2) is 4.79 Å². The van der Waals surface area contributed by atoms with E-state index >= 15 is 0 Å². The van der Waals surface area contributed by atoms with Gasteiger partial charge in [-0.15, -0.1) is 0 Å². The SMILES string of the molecule is CC12CC3CC(C)(C1)CC(NC(=O)Nc1ccc(C(=O)N4CCCC(C(N)=O)C4)cc1Cl)(C3)C2. The topological polar surface area (TPSA) is 105 Å². The number of urea groups is 1. The molecule has 4 amide bonds. The van der Waals surface area contributed by atoms with Gasteiger partial charge in [0.1, 0.15) is 0 Å². The first-order chi connectivity index (χ1) is 16.0. The summed E-state index contributed by atoms with van der Waals surface area (Å²) < 4.78 is 0. The van der Waals surface area contributed by atoms with Crippen molar-refractivity contribution in [2.75, 3.05) is 18.4 Å². The van der Waals surface area contributed by atoms with Crippen LogP contribution >= 0.6 is 11.6 Å². The molecule has 1 heterocycles. The number of piperidine rings is 1. The van der Waals surface area contributed by atoms with E-state index < -0.39 is 0 Å². The van der Waals surface area contributed by atoms with Crippen molar-refractivity contribution in [3.8, 4) is 0 Å². The van der Waals surface area contributed by atoms with Crippen molar-refractivity contribution >= 4 is 35.1 Å². The predicted molar refractivity (Wildman–Crippen MR) is 132 cm³/mol. The fourth-order valence-corrected chi connectivity index (χ4v) is 8.54. The molecule has 8 heteroatoms. The predicted octanol–water partition coefficient (Wildman–Crippen LogP) is 4.55. The van der Waals surface area contributed by atoms with E-state index in [0.717, 1.165) is 25.7 Å². The van der Waals surface area contributed by atoms with Gasteiger partial charge in [-0.05, 0) is 86.3 Å². The highest BCUT2D eigenvalue weighted by molar-refractivity contribution is 6.34. The zero-order valence-electron chi connectivity index (χ0n) is 20.1. The summed E-state index contributed by atoms with van der Waals surface area (Å²) in [6.45, 7) is 5.67. The lowest BCUT2D eigenvalue weighted by Gasteiger charge is -2.65. The van der Waals surface area contributed by atoms with E-state index in [2.05, 4.69) is 24.5 Å². The molecular weight excluding hydrogens is 452 g/mol. The van der Waals surface area contributed by atoms with Crippen LogP contribution in [-0.2, 0) is 4.79 Å². The normalized spacial score (nSPS) is 36.3. The molecule has 1 saturated heterocycles. The number of carbonyl (C=O) groups is 3. The van der Waals surface area contributed by atoms with Gasteiger partial charge in [-0.3, -0.25) is 9.59 Å². The maximum absolute atomic E-state index is 13.0. The van der Waals surface area contributed by atoms with E-state index in [1.54, 1.807) is 23.1 Å². The molecule has 3 unspecified atom stereocenters. The van der Waals surface area contributed by atoms with Gasteiger partial charge in [0, 0.05) is 24.2 Å². The summed E-state index contributed by atoms with van der Waals surface area (Å²) in [5.41, 5.74) is 6.81. The average molecular weight is 487 g/mol. The van der Waals surface area contributed by atoms with Gasteiger partial charge in [-0.1, -0.05) is 25.4 Å². The van der Waals surface area contributed by atoms with Crippen molar-refractivity contribution < 1.29 is 14.4 Å².